The predicted molar refractivity (Wildman–Crippen MR) is 89.6 cm³/mol. The Hall–Kier alpha value is -1.74. The first-order valence-electron chi connectivity index (χ1n) is 6.65. The number of rotatable bonds is 2. The number of aryl methyl sites for hydroxylation is 1. The minimum atomic E-state index is -0.0140. The van der Waals surface area contributed by atoms with E-state index in [1.54, 1.807) is 4.57 Å². The number of nitrogens with zero attached hydrogens (tertiary/aromatic N) is 1. The van der Waals surface area contributed by atoms with Gasteiger partial charge in [-0.2, -0.15) is 0 Å². The number of pyridine rings is 1. The van der Waals surface area contributed by atoms with Gasteiger partial charge in [0.2, 0.25) is 0 Å². The number of aromatic nitrogens is 1. The van der Waals surface area contributed by atoms with Crippen molar-refractivity contribution in [2.24, 2.45) is 0 Å². The van der Waals surface area contributed by atoms with Crippen molar-refractivity contribution in [2.75, 3.05) is 0 Å². The number of hydrogen-bond donors (Lipinski definition) is 1. The van der Waals surface area contributed by atoms with E-state index in [1.165, 1.54) is 0 Å². The van der Waals surface area contributed by atoms with Crippen LogP contribution in [0.1, 0.15) is 26.3 Å². The Morgan fingerprint density at radius 3 is 2.55 bits per heavy atom. The number of hydrogen-bond acceptors (Lipinski definition) is 2. The molecule has 0 aliphatic rings. The molecule has 0 unspecified atom stereocenters. The molecule has 0 aliphatic carbocycles. The quantitative estimate of drug-likeness (QED) is 0.640. The third-order valence-electron chi connectivity index (χ3n) is 3.59. The van der Waals surface area contributed by atoms with Gasteiger partial charge in [0.05, 0.1) is 10.4 Å². The molecular formula is C17H19NOS. The Kier molecular flexibility index (Phi) is 4.19. The highest BCUT2D eigenvalue weighted by Gasteiger charge is 2.12. The lowest BCUT2D eigenvalue weighted by Gasteiger charge is -2.15. The van der Waals surface area contributed by atoms with Crippen molar-refractivity contribution in [3.05, 3.63) is 57.9 Å². The second kappa shape index (κ2) is 5.71. The molecule has 2 nitrogen and oxygen atoms in total. The van der Waals surface area contributed by atoms with Gasteiger partial charge in [0, 0.05) is 5.70 Å². The topological polar surface area (TPSA) is 22.0 Å². The molecule has 20 heavy (non-hydrogen) atoms. The van der Waals surface area contributed by atoms with E-state index in [1.807, 2.05) is 64.1 Å². The first kappa shape index (κ1) is 14.7. The molecule has 3 heteroatoms. The van der Waals surface area contributed by atoms with Gasteiger partial charge < -0.3 is 0 Å². The van der Waals surface area contributed by atoms with Crippen molar-refractivity contribution in [3.8, 4) is 0 Å². The molecule has 1 heterocycles. The van der Waals surface area contributed by atoms with E-state index in [0.717, 1.165) is 27.6 Å². The summed E-state index contributed by atoms with van der Waals surface area (Å²) < 4.78 is 1.67. The van der Waals surface area contributed by atoms with E-state index in [-0.39, 0.29) is 5.56 Å². The lowest BCUT2D eigenvalue weighted by molar-refractivity contribution is 0.912. The Bertz CT molecular complexity index is 781. The molecule has 2 aromatic rings. The first-order chi connectivity index (χ1) is 9.51. The van der Waals surface area contributed by atoms with Crippen LogP contribution in [0.3, 0.4) is 0 Å². The molecule has 104 valence electrons. The standard InChI is InChI=1S/C17H19NOS/c1-5-11(3)14(6-2)18-15(20)10-13-9-7-8-12(4)16(13)17(18)19/h5-10,20H,1-4H3/b11-5-,14-6+. The van der Waals surface area contributed by atoms with Crippen LogP contribution in [-0.2, 0) is 0 Å². The fourth-order valence-electron chi connectivity index (χ4n) is 2.44. The molecule has 0 bridgehead atoms. The number of fused-ring (bicyclic) bond motifs is 1. The maximum absolute atomic E-state index is 12.8. The number of thiol groups is 1. The van der Waals surface area contributed by atoms with Crippen LogP contribution < -0.4 is 5.56 Å². The largest absolute Gasteiger partial charge is 0.271 e. The molecule has 0 aliphatic heterocycles. The highest BCUT2D eigenvalue weighted by molar-refractivity contribution is 7.80. The molecule has 0 atom stereocenters. The molecule has 2 rings (SSSR count). The van der Waals surface area contributed by atoms with Gasteiger partial charge in [0.15, 0.2) is 0 Å². The Morgan fingerprint density at radius 2 is 1.95 bits per heavy atom. The lowest BCUT2D eigenvalue weighted by atomic mass is 10.1. The third kappa shape index (κ3) is 2.34. The van der Waals surface area contributed by atoms with Crippen molar-refractivity contribution in [2.45, 2.75) is 32.7 Å². The number of allylic oxidation sites excluding steroid dienone is 4. The van der Waals surface area contributed by atoms with Gasteiger partial charge in [-0.15, -0.1) is 12.6 Å². The van der Waals surface area contributed by atoms with Crippen LogP contribution in [0, 0.1) is 6.92 Å². The summed E-state index contributed by atoms with van der Waals surface area (Å²) >= 11 is 4.50. The fourth-order valence-corrected chi connectivity index (χ4v) is 2.77. The van der Waals surface area contributed by atoms with Crippen LogP contribution in [0.15, 0.2) is 51.8 Å². The molecule has 0 saturated heterocycles. The second-order valence-corrected chi connectivity index (χ2v) is 5.29. The van der Waals surface area contributed by atoms with Gasteiger partial charge in [-0.05, 0) is 50.3 Å². The van der Waals surface area contributed by atoms with E-state index in [0.29, 0.717) is 5.03 Å². The zero-order valence-corrected chi connectivity index (χ0v) is 13.2. The third-order valence-corrected chi connectivity index (χ3v) is 3.92. The molecule has 0 spiro atoms. The van der Waals surface area contributed by atoms with Crippen LogP contribution in [0.25, 0.3) is 16.5 Å². The highest BCUT2D eigenvalue weighted by atomic mass is 32.1. The van der Waals surface area contributed by atoms with Crippen LogP contribution >= 0.6 is 12.6 Å². The average molecular weight is 285 g/mol. The molecule has 0 saturated carbocycles. The Balaban J connectivity index is 2.92. The molecule has 1 aromatic carbocycles. The van der Waals surface area contributed by atoms with E-state index >= 15 is 0 Å². The summed E-state index contributed by atoms with van der Waals surface area (Å²) in [4.78, 5) is 12.8. The van der Waals surface area contributed by atoms with Gasteiger partial charge in [0.1, 0.15) is 0 Å². The summed E-state index contributed by atoms with van der Waals surface area (Å²) in [7, 11) is 0. The second-order valence-electron chi connectivity index (χ2n) is 4.83. The van der Waals surface area contributed by atoms with Crippen molar-refractivity contribution in [1.82, 2.24) is 4.57 Å². The summed E-state index contributed by atoms with van der Waals surface area (Å²) in [6, 6.07) is 7.82. The minimum absolute atomic E-state index is 0.0140. The summed E-state index contributed by atoms with van der Waals surface area (Å²) in [6.07, 6.45) is 3.94. The van der Waals surface area contributed by atoms with E-state index in [4.69, 9.17) is 0 Å². The number of benzene rings is 1. The smallest absolute Gasteiger partial charge is 0.264 e. The van der Waals surface area contributed by atoms with E-state index in [2.05, 4.69) is 12.6 Å². The zero-order chi connectivity index (χ0) is 14.9. The highest BCUT2D eigenvalue weighted by Crippen LogP contribution is 2.23. The minimum Gasteiger partial charge on any atom is -0.271 e. The average Bonchev–Trinajstić information content (AvgIpc) is 2.42. The molecule has 0 radical (unpaired) electrons. The van der Waals surface area contributed by atoms with Crippen molar-refractivity contribution in [3.63, 3.8) is 0 Å². The van der Waals surface area contributed by atoms with Gasteiger partial charge in [-0.25, -0.2) is 0 Å². The Morgan fingerprint density at radius 1 is 1.25 bits per heavy atom. The van der Waals surface area contributed by atoms with Crippen molar-refractivity contribution < 1.29 is 0 Å². The van der Waals surface area contributed by atoms with Gasteiger partial charge in [0.25, 0.3) is 5.56 Å². The van der Waals surface area contributed by atoms with Gasteiger partial charge in [-0.3, -0.25) is 9.36 Å². The Labute approximate surface area is 124 Å². The fraction of sp³-hybridized carbons (Fsp3) is 0.235. The van der Waals surface area contributed by atoms with Crippen LogP contribution in [-0.4, -0.2) is 4.57 Å². The summed E-state index contributed by atoms with van der Waals surface area (Å²) in [5.74, 6) is 0. The summed E-state index contributed by atoms with van der Waals surface area (Å²) in [6.45, 7) is 7.86. The van der Waals surface area contributed by atoms with Crippen molar-refractivity contribution >= 4 is 29.1 Å². The van der Waals surface area contributed by atoms with Crippen LogP contribution in [0.5, 0.6) is 0 Å². The van der Waals surface area contributed by atoms with E-state index in [9.17, 15) is 4.79 Å². The summed E-state index contributed by atoms with van der Waals surface area (Å²) in [5, 5.41) is 2.35. The van der Waals surface area contributed by atoms with Crippen molar-refractivity contribution in [1.29, 1.82) is 0 Å². The van der Waals surface area contributed by atoms with Gasteiger partial charge >= 0.3 is 0 Å². The maximum Gasteiger partial charge on any atom is 0.264 e. The molecule has 0 fully saturated rings. The van der Waals surface area contributed by atoms with E-state index < -0.39 is 0 Å². The van der Waals surface area contributed by atoms with Gasteiger partial charge in [-0.1, -0.05) is 30.4 Å². The molecular weight excluding hydrogens is 266 g/mol. The first-order valence-corrected chi connectivity index (χ1v) is 7.10. The SMILES string of the molecule is C/C=C(C)\C(=C/C)n1c(S)cc2cccc(C)c2c1=O. The molecule has 0 N–H and O–H groups in total. The molecule has 0 amide bonds. The summed E-state index contributed by atoms with van der Waals surface area (Å²) in [5.41, 5.74) is 2.91. The zero-order valence-electron chi connectivity index (χ0n) is 12.3. The maximum atomic E-state index is 12.8. The predicted octanol–water partition coefficient (Wildman–Crippen LogP) is 4.43. The lowest BCUT2D eigenvalue weighted by Crippen LogP contribution is -2.21. The van der Waals surface area contributed by atoms with Crippen LogP contribution in [0.4, 0.5) is 0 Å². The van der Waals surface area contributed by atoms with Crippen LogP contribution in [0.2, 0.25) is 0 Å². The monoisotopic (exact) mass is 285 g/mol. The molecule has 1 aromatic heterocycles. The normalized spacial score (nSPS) is 13.1.